The SMILES string of the molecule is Cc1ccccc1NC(=O)CC(=O)Nc1ccc(Cl)c(Cl)c1. The zero-order valence-electron chi connectivity index (χ0n) is 11.8. The molecule has 2 N–H and O–H groups in total. The molecule has 4 nitrogen and oxygen atoms in total. The second-order valence-electron chi connectivity index (χ2n) is 4.72. The van der Waals surface area contributed by atoms with E-state index in [0.717, 1.165) is 5.56 Å². The summed E-state index contributed by atoms with van der Waals surface area (Å²) in [5, 5.41) is 6.04. The van der Waals surface area contributed by atoms with Gasteiger partial charge in [-0.15, -0.1) is 0 Å². The van der Waals surface area contributed by atoms with Crippen molar-refractivity contribution >= 4 is 46.4 Å². The van der Waals surface area contributed by atoms with Gasteiger partial charge in [-0.2, -0.15) is 0 Å². The number of halogens is 2. The van der Waals surface area contributed by atoms with Crippen LogP contribution in [-0.4, -0.2) is 11.8 Å². The van der Waals surface area contributed by atoms with Gasteiger partial charge in [-0.1, -0.05) is 41.4 Å². The van der Waals surface area contributed by atoms with Gasteiger partial charge in [0.15, 0.2) is 0 Å². The molecule has 0 heterocycles. The minimum atomic E-state index is -0.426. The molecule has 0 saturated heterocycles. The number of nitrogens with one attached hydrogen (secondary N) is 2. The van der Waals surface area contributed by atoms with E-state index < -0.39 is 5.91 Å². The number of benzene rings is 2. The molecule has 6 heteroatoms. The molecule has 0 atom stereocenters. The van der Waals surface area contributed by atoms with Crippen molar-refractivity contribution in [2.24, 2.45) is 0 Å². The van der Waals surface area contributed by atoms with Crippen molar-refractivity contribution in [3.63, 3.8) is 0 Å². The Balaban J connectivity index is 1.92. The van der Waals surface area contributed by atoms with Gasteiger partial charge in [0.1, 0.15) is 6.42 Å². The minimum absolute atomic E-state index is 0.283. The second-order valence-corrected chi connectivity index (χ2v) is 5.53. The van der Waals surface area contributed by atoms with E-state index in [1.165, 1.54) is 6.07 Å². The van der Waals surface area contributed by atoms with Crippen molar-refractivity contribution in [2.45, 2.75) is 13.3 Å². The fraction of sp³-hybridized carbons (Fsp3) is 0.125. The lowest BCUT2D eigenvalue weighted by atomic mass is 10.2. The highest BCUT2D eigenvalue weighted by molar-refractivity contribution is 6.42. The first-order valence-corrected chi connectivity index (χ1v) is 7.31. The largest absolute Gasteiger partial charge is 0.326 e. The molecule has 2 aromatic rings. The van der Waals surface area contributed by atoms with Gasteiger partial charge in [-0.25, -0.2) is 0 Å². The molecule has 2 amide bonds. The van der Waals surface area contributed by atoms with Crippen LogP contribution in [0.2, 0.25) is 10.0 Å². The van der Waals surface area contributed by atoms with Gasteiger partial charge in [-0.05, 0) is 36.8 Å². The molecule has 0 aliphatic carbocycles. The van der Waals surface area contributed by atoms with Gasteiger partial charge in [-0.3, -0.25) is 9.59 Å². The van der Waals surface area contributed by atoms with Crippen molar-refractivity contribution in [1.82, 2.24) is 0 Å². The second kappa shape index (κ2) is 7.29. The lowest BCUT2D eigenvalue weighted by Gasteiger charge is -2.09. The molecular weight excluding hydrogens is 323 g/mol. The molecule has 0 bridgehead atoms. The monoisotopic (exact) mass is 336 g/mol. The Hall–Kier alpha value is -2.04. The summed E-state index contributed by atoms with van der Waals surface area (Å²) in [6, 6.07) is 12.1. The summed E-state index contributed by atoms with van der Waals surface area (Å²) in [5.74, 6) is -0.809. The van der Waals surface area contributed by atoms with Gasteiger partial charge >= 0.3 is 0 Å². The quantitative estimate of drug-likeness (QED) is 0.819. The Bertz CT molecular complexity index is 717. The van der Waals surface area contributed by atoms with Crippen LogP contribution >= 0.6 is 23.2 Å². The van der Waals surface area contributed by atoms with Gasteiger partial charge in [0.25, 0.3) is 0 Å². The van der Waals surface area contributed by atoms with Crippen LogP contribution in [0.15, 0.2) is 42.5 Å². The first kappa shape index (κ1) is 16.3. The summed E-state index contributed by atoms with van der Waals surface area (Å²) in [6.45, 7) is 1.88. The highest BCUT2D eigenvalue weighted by atomic mass is 35.5. The van der Waals surface area contributed by atoms with E-state index in [1.807, 2.05) is 25.1 Å². The fourth-order valence-electron chi connectivity index (χ4n) is 1.83. The highest BCUT2D eigenvalue weighted by Gasteiger charge is 2.11. The van der Waals surface area contributed by atoms with Crippen LogP contribution in [0.1, 0.15) is 12.0 Å². The van der Waals surface area contributed by atoms with Crippen molar-refractivity contribution in [3.05, 3.63) is 58.1 Å². The first-order chi connectivity index (χ1) is 10.5. The molecular formula is C16H14Cl2N2O2. The molecule has 114 valence electrons. The Morgan fingerprint density at radius 3 is 2.32 bits per heavy atom. The summed E-state index contributed by atoms with van der Waals surface area (Å²) in [6.07, 6.45) is -0.283. The minimum Gasteiger partial charge on any atom is -0.326 e. The molecule has 0 unspecified atom stereocenters. The molecule has 0 aliphatic rings. The number of hydrogen-bond donors (Lipinski definition) is 2. The molecule has 2 aromatic carbocycles. The topological polar surface area (TPSA) is 58.2 Å². The molecule has 0 radical (unpaired) electrons. The van der Waals surface area contributed by atoms with E-state index in [2.05, 4.69) is 10.6 Å². The van der Waals surface area contributed by atoms with E-state index in [4.69, 9.17) is 23.2 Å². The number of amides is 2. The third-order valence-electron chi connectivity index (χ3n) is 2.94. The summed E-state index contributed by atoms with van der Waals surface area (Å²) in [5.41, 5.74) is 2.11. The van der Waals surface area contributed by atoms with Crippen LogP contribution in [0.5, 0.6) is 0 Å². The smallest absolute Gasteiger partial charge is 0.233 e. The standard InChI is InChI=1S/C16H14Cl2N2O2/c1-10-4-2-3-5-14(10)20-16(22)9-15(21)19-11-6-7-12(17)13(18)8-11/h2-8H,9H2,1H3,(H,19,21)(H,20,22). The average Bonchev–Trinajstić information content (AvgIpc) is 2.45. The average molecular weight is 337 g/mol. The van der Waals surface area contributed by atoms with Crippen molar-refractivity contribution in [3.8, 4) is 0 Å². The summed E-state index contributed by atoms with van der Waals surface area (Å²) in [7, 11) is 0. The maximum atomic E-state index is 11.9. The molecule has 0 spiro atoms. The lowest BCUT2D eigenvalue weighted by molar-refractivity contribution is -0.123. The van der Waals surface area contributed by atoms with E-state index in [9.17, 15) is 9.59 Å². The number of aryl methyl sites for hydroxylation is 1. The molecule has 2 rings (SSSR count). The number of rotatable bonds is 4. The fourth-order valence-corrected chi connectivity index (χ4v) is 2.13. The zero-order valence-corrected chi connectivity index (χ0v) is 13.3. The maximum absolute atomic E-state index is 11.9. The summed E-state index contributed by atoms with van der Waals surface area (Å²) >= 11 is 11.7. The molecule has 0 fully saturated rings. The first-order valence-electron chi connectivity index (χ1n) is 6.56. The Labute approximate surface area is 138 Å². The number of hydrogen-bond acceptors (Lipinski definition) is 2. The number of para-hydroxylation sites is 1. The third kappa shape index (κ3) is 4.48. The maximum Gasteiger partial charge on any atom is 0.233 e. The highest BCUT2D eigenvalue weighted by Crippen LogP contribution is 2.25. The summed E-state index contributed by atoms with van der Waals surface area (Å²) in [4.78, 5) is 23.7. The number of carbonyl (C=O) groups excluding carboxylic acids is 2. The predicted molar refractivity (Wildman–Crippen MR) is 89.5 cm³/mol. The third-order valence-corrected chi connectivity index (χ3v) is 3.68. The molecule has 22 heavy (non-hydrogen) atoms. The Morgan fingerprint density at radius 2 is 1.64 bits per heavy atom. The Morgan fingerprint density at radius 1 is 0.955 bits per heavy atom. The van der Waals surface area contributed by atoms with Crippen LogP contribution < -0.4 is 10.6 Å². The molecule has 0 aliphatic heterocycles. The van der Waals surface area contributed by atoms with Gasteiger partial charge in [0.05, 0.1) is 10.0 Å². The van der Waals surface area contributed by atoms with E-state index in [-0.39, 0.29) is 12.3 Å². The predicted octanol–water partition coefficient (Wildman–Crippen LogP) is 4.27. The molecule has 0 saturated carbocycles. The van der Waals surface area contributed by atoms with Crippen LogP contribution in [0.25, 0.3) is 0 Å². The van der Waals surface area contributed by atoms with Gasteiger partial charge in [0, 0.05) is 11.4 Å². The van der Waals surface area contributed by atoms with Crippen molar-refractivity contribution in [2.75, 3.05) is 10.6 Å². The van der Waals surface area contributed by atoms with Crippen molar-refractivity contribution in [1.29, 1.82) is 0 Å². The van der Waals surface area contributed by atoms with E-state index in [1.54, 1.807) is 18.2 Å². The number of carbonyl (C=O) groups is 2. The molecule has 0 aromatic heterocycles. The van der Waals surface area contributed by atoms with Crippen LogP contribution in [-0.2, 0) is 9.59 Å². The van der Waals surface area contributed by atoms with Crippen LogP contribution in [0.3, 0.4) is 0 Å². The van der Waals surface area contributed by atoms with E-state index in [0.29, 0.717) is 21.4 Å². The van der Waals surface area contributed by atoms with Crippen LogP contribution in [0, 0.1) is 6.92 Å². The normalized spacial score (nSPS) is 10.1. The van der Waals surface area contributed by atoms with Gasteiger partial charge in [0.2, 0.25) is 11.8 Å². The lowest BCUT2D eigenvalue weighted by Crippen LogP contribution is -2.21. The Kier molecular flexibility index (Phi) is 5.41. The van der Waals surface area contributed by atoms with E-state index >= 15 is 0 Å². The number of anilines is 2. The van der Waals surface area contributed by atoms with Gasteiger partial charge < -0.3 is 10.6 Å². The summed E-state index contributed by atoms with van der Waals surface area (Å²) < 4.78 is 0. The van der Waals surface area contributed by atoms with Crippen LogP contribution in [0.4, 0.5) is 11.4 Å². The van der Waals surface area contributed by atoms with Crippen molar-refractivity contribution < 1.29 is 9.59 Å². The zero-order chi connectivity index (χ0) is 16.1.